The Morgan fingerprint density at radius 1 is 0.500 bits per heavy atom. The summed E-state index contributed by atoms with van der Waals surface area (Å²) in [4.78, 5) is 149. The van der Waals surface area contributed by atoms with Crippen LogP contribution in [0.1, 0.15) is 86.0 Å². The number of carboxylic acid groups (broad SMARTS) is 4. The molecular weight excluding hydrogens is 830 g/mol. The molecule has 0 fully saturated rings. The number of nitrogens with one attached hydrogen (secondary N) is 7. The van der Waals surface area contributed by atoms with Crippen molar-refractivity contribution in [1.29, 1.82) is 0 Å². The standard InChI is InChI=1S/C36H59N9O17/c1-6-16(4)28(35(60)39-17(5)29(54)43-22(14-46)34(59)44-27(15(2)3)36(61)62)45-33(58)21(13-23(38)47)42-32(57)20(9-12-26(52)53)41-31(56)19(8-11-25(50)51)40-30(55)18(37)7-10-24(48)49/h15-22,27-28,46H,6-14,37H2,1-5H3,(H2,38,47)(H,39,60)(H,40,55)(H,41,56)(H,42,57)(H,43,54)(H,44,59)(H,45,58)(H,48,49)(H,50,51)(H,52,53)(H,61,62)/t16-,17-,18-,19-,20-,21-,22-,27-,28-/m0/s1. The first kappa shape index (κ1) is 55.6. The minimum absolute atomic E-state index is 0.229. The quantitative estimate of drug-likeness (QED) is 0.0321. The second kappa shape index (κ2) is 27.4. The predicted molar refractivity (Wildman–Crippen MR) is 211 cm³/mol. The maximum atomic E-state index is 13.6. The molecule has 0 aliphatic rings. The molecule has 0 heterocycles. The van der Waals surface area contributed by atoms with Crippen molar-refractivity contribution in [2.75, 3.05) is 6.61 Å². The number of primary amides is 1. The first-order chi connectivity index (χ1) is 28.7. The number of hydrogen-bond acceptors (Lipinski definition) is 14. The molecule has 0 aromatic carbocycles. The van der Waals surface area contributed by atoms with Gasteiger partial charge in [-0.3, -0.25) is 52.7 Å². The second-order valence-electron chi connectivity index (χ2n) is 14.7. The number of carbonyl (C=O) groups excluding carboxylic acids is 8. The van der Waals surface area contributed by atoms with E-state index in [0.29, 0.717) is 0 Å². The molecule has 26 heteroatoms. The van der Waals surface area contributed by atoms with Gasteiger partial charge in [-0.15, -0.1) is 0 Å². The van der Waals surface area contributed by atoms with Crippen LogP contribution in [0.4, 0.5) is 0 Å². The number of aliphatic carboxylic acids is 4. The number of aliphatic hydroxyl groups excluding tert-OH is 1. The SMILES string of the molecule is CC[C@H](C)[C@H](NC(=O)[C@H](CC(N)=O)NC(=O)[C@H](CCC(=O)O)NC(=O)[C@H](CCC(=O)O)NC(=O)[C@@H](N)CCC(=O)O)C(=O)N[C@@H](C)C(=O)N[C@@H](CO)C(=O)N[C@H](C(=O)O)C(C)C. The lowest BCUT2D eigenvalue weighted by atomic mass is 9.97. The smallest absolute Gasteiger partial charge is 0.326 e. The highest BCUT2D eigenvalue weighted by molar-refractivity contribution is 5.99. The fourth-order valence-corrected chi connectivity index (χ4v) is 5.30. The number of rotatable bonds is 30. The van der Waals surface area contributed by atoms with Crippen molar-refractivity contribution in [2.45, 2.75) is 134 Å². The third kappa shape index (κ3) is 20.7. The van der Waals surface area contributed by atoms with Gasteiger partial charge in [-0.2, -0.15) is 0 Å². The molecule has 8 amide bonds. The lowest BCUT2D eigenvalue weighted by Crippen LogP contribution is -2.61. The van der Waals surface area contributed by atoms with Gasteiger partial charge in [-0.25, -0.2) is 4.79 Å². The molecule has 0 aliphatic carbocycles. The Hall–Kier alpha value is -6.44. The van der Waals surface area contributed by atoms with Gasteiger partial charge < -0.3 is 74.2 Å². The Labute approximate surface area is 355 Å². The summed E-state index contributed by atoms with van der Waals surface area (Å²) in [6.07, 6.45) is -4.24. The Bertz CT molecular complexity index is 1660. The van der Waals surface area contributed by atoms with E-state index in [1.807, 2.05) is 0 Å². The lowest BCUT2D eigenvalue weighted by Gasteiger charge is -2.29. The van der Waals surface area contributed by atoms with Crippen LogP contribution >= 0.6 is 0 Å². The van der Waals surface area contributed by atoms with Crippen molar-refractivity contribution >= 4 is 71.1 Å². The lowest BCUT2D eigenvalue weighted by molar-refractivity contribution is -0.144. The Morgan fingerprint density at radius 3 is 1.32 bits per heavy atom. The number of amides is 8. The van der Waals surface area contributed by atoms with E-state index in [1.165, 1.54) is 27.7 Å². The fourth-order valence-electron chi connectivity index (χ4n) is 5.30. The summed E-state index contributed by atoms with van der Waals surface area (Å²) in [7, 11) is 0. The molecule has 0 unspecified atom stereocenters. The van der Waals surface area contributed by atoms with Gasteiger partial charge in [0.2, 0.25) is 47.3 Å². The van der Waals surface area contributed by atoms with Crippen LogP contribution in [0, 0.1) is 11.8 Å². The molecule has 0 aliphatic heterocycles. The summed E-state index contributed by atoms with van der Waals surface area (Å²) in [5.74, 6) is -15.6. The number of nitrogens with two attached hydrogens (primary N) is 2. The van der Waals surface area contributed by atoms with Crippen molar-refractivity contribution in [3.8, 4) is 0 Å². The normalized spacial score (nSPS) is 15.3. The van der Waals surface area contributed by atoms with Crippen LogP contribution in [0.2, 0.25) is 0 Å². The van der Waals surface area contributed by atoms with E-state index < -0.39 is 176 Å². The van der Waals surface area contributed by atoms with Crippen molar-refractivity contribution in [2.24, 2.45) is 23.3 Å². The molecule has 0 saturated carbocycles. The van der Waals surface area contributed by atoms with Crippen molar-refractivity contribution < 1.29 is 83.1 Å². The maximum Gasteiger partial charge on any atom is 0.326 e. The molecule has 0 bridgehead atoms. The van der Waals surface area contributed by atoms with Crippen LogP contribution in [0.3, 0.4) is 0 Å². The van der Waals surface area contributed by atoms with E-state index in [0.717, 1.165) is 0 Å². The third-order valence-corrected chi connectivity index (χ3v) is 9.20. The largest absolute Gasteiger partial charge is 0.481 e. The third-order valence-electron chi connectivity index (χ3n) is 9.20. The van der Waals surface area contributed by atoms with Gasteiger partial charge in [0, 0.05) is 19.3 Å². The number of aliphatic hydroxyl groups is 1. The maximum absolute atomic E-state index is 13.6. The minimum Gasteiger partial charge on any atom is -0.481 e. The monoisotopic (exact) mass is 889 g/mol. The molecule has 0 aromatic rings. The average molecular weight is 890 g/mol. The molecule has 16 N–H and O–H groups in total. The molecule has 62 heavy (non-hydrogen) atoms. The zero-order valence-corrected chi connectivity index (χ0v) is 34.9. The number of hydrogen-bond donors (Lipinski definition) is 14. The number of carboxylic acids is 4. The molecule has 350 valence electrons. The molecular formula is C36H59N9O17. The Balaban J connectivity index is 6.29. The molecule has 9 atom stereocenters. The fraction of sp³-hybridized carbons (Fsp3) is 0.667. The minimum atomic E-state index is -1.87. The van der Waals surface area contributed by atoms with Gasteiger partial charge in [-0.1, -0.05) is 34.1 Å². The van der Waals surface area contributed by atoms with E-state index in [1.54, 1.807) is 6.92 Å². The van der Waals surface area contributed by atoms with Gasteiger partial charge in [0.05, 0.1) is 19.1 Å². The Kier molecular flexibility index (Phi) is 24.6. The first-order valence-corrected chi connectivity index (χ1v) is 19.4. The number of carbonyl (C=O) groups is 12. The average Bonchev–Trinajstić information content (AvgIpc) is 3.18. The molecule has 0 rings (SSSR count). The van der Waals surface area contributed by atoms with E-state index in [4.69, 9.17) is 16.6 Å². The van der Waals surface area contributed by atoms with E-state index in [-0.39, 0.29) is 12.8 Å². The summed E-state index contributed by atoms with van der Waals surface area (Å²) >= 11 is 0. The van der Waals surface area contributed by atoms with Crippen LogP contribution in [-0.4, -0.2) is 152 Å². The zero-order chi connectivity index (χ0) is 48.0. The van der Waals surface area contributed by atoms with Crippen molar-refractivity contribution in [3.63, 3.8) is 0 Å². The van der Waals surface area contributed by atoms with Gasteiger partial charge in [0.1, 0.15) is 42.3 Å². The van der Waals surface area contributed by atoms with E-state index >= 15 is 0 Å². The summed E-state index contributed by atoms with van der Waals surface area (Å²) in [6.45, 7) is 6.43. The topological polar surface area (TPSA) is 442 Å². The molecule has 26 nitrogen and oxygen atoms in total. The summed E-state index contributed by atoms with van der Waals surface area (Å²) in [6, 6.07) is -12.7. The van der Waals surface area contributed by atoms with Crippen LogP contribution in [0.5, 0.6) is 0 Å². The van der Waals surface area contributed by atoms with Crippen molar-refractivity contribution in [3.05, 3.63) is 0 Å². The highest BCUT2D eigenvalue weighted by Crippen LogP contribution is 2.11. The van der Waals surface area contributed by atoms with Gasteiger partial charge in [0.25, 0.3) is 0 Å². The highest BCUT2D eigenvalue weighted by atomic mass is 16.4. The summed E-state index contributed by atoms with van der Waals surface area (Å²) in [5.41, 5.74) is 11.0. The van der Waals surface area contributed by atoms with Gasteiger partial charge in [0.15, 0.2) is 0 Å². The van der Waals surface area contributed by atoms with E-state index in [2.05, 4.69) is 37.2 Å². The predicted octanol–water partition coefficient (Wildman–Crippen LogP) is -5.02. The van der Waals surface area contributed by atoms with Crippen LogP contribution in [0.25, 0.3) is 0 Å². The van der Waals surface area contributed by atoms with Crippen molar-refractivity contribution in [1.82, 2.24) is 37.2 Å². The molecule has 0 spiro atoms. The summed E-state index contributed by atoms with van der Waals surface area (Å²) in [5, 5.41) is 62.0. The van der Waals surface area contributed by atoms with Gasteiger partial charge in [-0.05, 0) is 38.0 Å². The highest BCUT2D eigenvalue weighted by Gasteiger charge is 2.36. The molecule has 0 saturated heterocycles. The van der Waals surface area contributed by atoms with Gasteiger partial charge >= 0.3 is 23.9 Å². The van der Waals surface area contributed by atoms with Crippen LogP contribution in [0.15, 0.2) is 0 Å². The molecule has 0 aromatic heterocycles. The zero-order valence-electron chi connectivity index (χ0n) is 34.9. The second-order valence-corrected chi connectivity index (χ2v) is 14.7. The summed E-state index contributed by atoms with van der Waals surface area (Å²) < 4.78 is 0. The molecule has 0 radical (unpaired) electrons. The van der Waals surface area contributed by atoms with Crippen LogP contribution in [-0.2, 0) is 57.5 Å². The first-order valence-electron chi connectivity index (χ1n) is 19.4. The van der Waals surface area contributed by atoms with Crippen LogP contribution < -0.4 is 48.7 Å². The van der Waals surface area contributed by atoms with E-state index in [9.17, 15) is 78.0 Å². The Morgan fingerprint density at radius 2 is 0.903 bits per heavy atom.